The van der Waals surface area contributed by atoms with E-state index in [9.17, 15) is 4.79 Å². The Balaban J connectivity index is 1.75. The van der Waals surface area contributed by atoms with Crippen molar-refractivity contribution in [2.75, 3.05) is 0 Å². The van der Waals surface area contributed by atoms with Crippen molar-refractivity contribution in [2.45, 2.75) is 6.04 Å². The van der Waals surface area contributed by atoms with E-state index in [0.29, 0.717) is 10.6 Å². The molecule has 28 heavy (non-hydrogen) atoms. The fraction of sp³-hybridized carbons (Fsp3) is 0.0476. The summed E-state index contributed by atoms with van der Waals surface area (Å²) in [4.78, 5) is 14.0. The van der Waals surface area contributed by atoms with Crippen LogP contribution in [-0.4, -0.2) is 16.1 Å². The molecular weight excluding hydrogens is 413 g/mol. The number of thiophene rings is 1. The Bertz CT molecular complexity index is 1090. The number of hydrogen-bond donors (Lipinski definition) is 2. The molecule has 4 rings (SSSR count). The zero-order valence-corrected chi connectivity index (χ0v) is 16.9. The highest BCUT2D eigenvalue weighted by molar-refractivity contribution is 7.13. The summed E-state index contributed by atoms with van der Waals surface area (Å²) in [6, 6.07) is 18.3. The molecule has 2 N–H and O–H groups in total. The van der Waals surface area contributed by atoms with E-state index in [2.05, 4.69) is 15.5 Å². The molecule has 1 unspecified atom stereocenters. The Kier molecular flexibility index (Phi) is 5.48. The minimum absolute atomic E-state index is 0.235. The van der Waals surface area contributed by atoms with Gasteiger partial charge < -0.3 is 5.32 Å². The largest absolute Gasteiger partial charge is 0.341 e. The maximum absolute atomic E-state index is 13.0. The number of aromatic nitrogens is 2. The molecule has 7 heteroatoms. The molecule has 0 spiro atoms. The molecule has 1 atom stereocenters. The molecule has 0 bridgehead atoms. The van der Waals surface area contributed by atoms with Crippen LogP contribution in [0.4, 0.5) is 0 Å². The Morgan fingerprint density at radius 2 is 1.86 bits per heavy atom. The minimum Gasteiger partial charge on any atom is -0.341 e. The standard InChI is InChI=1S/C21H15Cl2N3OS/c22-16-9-4-8-14(18(16)23)21(27)25-19(13-6-2-1-3-7-13)15-12-24-26-20(15)17-10-5-11-28-17/h1-12,19H,(H,24,26)(H,25,27). The summed E-state index contributed by atoms with van der Waals surface area (Å²) in [5, 5.41) is 13.0. The van der Waals surface area contributed by atoms with Gasteiger partial charge in [0.25, 0.3) is 5.91 Å². The number of benzene rings is 2. The third kappa shape index (κ3) is 3.69. The van der Waals surface area contributed by atoms with Gasteiger partial charge in [-0.3, -0.25) is 9.89 Å². The molecule has 2 aromatic heterocycles. The van der Waals surface area contributed by atoms with Gasteiger partial charge in [-0.25, -0.2) is 0 Å². The first-order chi connectivity index (χ1) is 13.6. The molecule has 2 heterocycles. The van der Waals surface area contributed by atoms with Crippen LogP contribution in [0.3, 0.4) is 0 Å². The SMILES string of the molecule is O=C(NC(c1ccccc1)c1c[nH]nc1-c1cccs1)c1cccc(Cl)c1Cl. The predicted molar refractivity (Wildman–Crippen MR) is 114 cm³/mol. The van der Waals surface area contributed by atoms with Gasteiger partial charge in [-0.2, -0.15) is 5.10 Å². The van der Waals surface area contributed by atoms with Crippen LogP contribution in [0.2, 0.25) is 10.0 Å². The fourth-order valence-electron chi connectivity index (χ4n) is 3.00. The molecule has 2 aromatic carbocycles. The lowest BCUT2D eigenvalue weighted by Gasteiger charge is -2.20. The van der Waals surface area contributed by atoms with Crippen molar-refractivity contribution >= 4 is 40.4 Å². The van der Waals surface area contributed by atoms with Gasteiger partial charge in [0.2, 0.25) is 0 Å². The van der Waals surface area contributed by atoms with Crippen molar-refractivity contribution in [3.05, 3.63) is 99.0 Å². The van der Waals surface area contributed by atoms with Gasteiger partial charge in [0.1, 0.15) is 5.69 Å². The Morgan fingerprint density at radius 3 is 2.61 bits per heavy atom. The first-order valence-corrected chi connectivity index (χ1v) is 10.2. The summed E-state index contributed by atoms with van der Waals surface area (Å²) in [5.41, 5.74) is 2.95. The van der Waals surface area contributed by atoms with E-state index < -0.39 is 6.04 Å². The number of nitrogens with zero attached hydrogens (tertiary/aromatic N) is 1. The molecule has 1 amide bonds. The lowest BCUT2D eigenvalue weighted by atomic mass is 9.98. The van der Waals surface area contributed by atoms with Gasteiger partial charge in [-0.1, -0.05) is 65.7 Å². The average molecular weight is 428 g/mol. The molecule has 4 nitrogen and oxygen atoms in total. The average Bonchev–Trinajstić information content (AvgIpc) is 3.40. The summed E-state index contributed by atoms with van der Waals surface area (Å²) in [5.74, 6) is -0.306. The summed E-state index contributed by atoms with van der Waals surface area (Å²) in [6.45, 7) is 0. The molecule has 0 saturated heterocycles. The van der Waals surface area contributed by atoms with E-state index in [-0.39, 0.29) is 10.9 Å². The summed E-state index contributed by atoms with van der Waals surface area (Å²) >= 11 is 13.9. The van der Waals surface area contributed by atoms with Gasteiger partial charge >= 0.3 is 0 Å². The van der Waals surface area contributed by atoms with Crippen molar-refractivity contribution in [2.24, 2.45) is 0 Å². The van der Waals surface area contributed by atoms with Crippen LogP contribution < -0.4 is 5.32 Å². The monoisotopic (exact) mass is 427 g/mol. The van der Waals surface area contributed by atoms with Crippen molar-refractivity contribution < 1.29 is 4.79 Å². The van der Waals surface area contributed by atoms with Crippen LogP contribution in [-0.2, 0) is 0 Å². The normalized spacial score (nSPS) is 11.9. The second kappa shape index (κ2) is 8.19. The van der Waals surface area contributed by atoms with Gasteiger partial charge in [-0.05, 0) is 29.1 Å². The van der Waals surface area contributed by atoms with Gasteiger partial charge in [0.15, 0.2) is 0 Å². The number of amides is 1. The second-order valence-corrected chi connectivity index (χ2v) is 7.82. The molecule has 0 aliphatic rings. The molecule has 0 aliphatic heterocycles. The van der Waals surface area contributed by atoms with Gasteiger partial charge in [-0.15, -0.1) is 11.3 Å². The van der Waals surface area contributed by atoms with E-state index in [1.807, 2.05) is 54.0 Å². The smallest absolute Gasteiger partial charge is 0.253 e. The minimum atomic E-state index is -0.403. The Labute approximate surface area is 176 Å². The highest BCUT2D eigenvalue weighted by Gasteiger charge is 2.24. The zero-order valence-electron chi connectivity index (χ0n) is 14.5. The van der Waals surface area contributed by atoms with E-state index in [4.69, 9.17) is 23.2 Å². The van der Waals surface area contributed by atoms with Crippen LogP contribution in [0.25, 0.3) is 10.6 Å². The quantitative estimate of drug-likeness (QED) is 0.412. The van der Waals surface area contributed by atoms with Crippen molar-refractivity contribution in [3.63, 3.8) is 0 Å². The third-order valence-electron chi connectivity index (χ3n) is 4.34. The van der Waals surface area contributed by atoms with Crippen molar-refractivity contribution in [1.29, 1.82) is 0 Å². The molecule has 0 fully saturated rings. The zero-order chi connectivity index (χ0) is 19.5. The number of carbonyl (C=O) groups is 1. The predicted octanol–water partition coefficient (Wildman–Crippen LogP) is 5.96. The second-order valence-electron chi connectivity index (χ2n) is 6.09. The van der Waals surface area contributed by atoms with E-state index in [1.165, 1.54) is 0 Å². The molecule has 4 aromatic rings. The molecule has 0 radical (unpaired) electrons. The number of aromatic amines is 1. The first kappa shape index (κ1) is 18.7. The highest BCUT2D eigenvalue weighted by atomic mass is 35.5. The van der Waals surface area contributed by atoms with E-state index in [0.717, 1.165) is 21.7 Å². The van der Waals surface area contributed by atoms with E-state index >= 15 is 0 Å². The Hall–Kier alpha value is -2.60. The van der Waals surface area contributed by atoms with Crippen molar-refractivity contribution in [1.82, 2.24) is 15.5 Å². The molecular formula is C21H15Cl2N3OS. The van der Waals surface area contributed by atoms with Crippen LogP contribution in [0.5, 0.6) is 0 Å². The highest BCUT2D eigenvalue weighted by Crippen LogP contribution is 2.33. The summed E-state index contributed by atoms with van der Waals surface area (Å²) < 4.78 is 0. The first-order valence-electron chi connectivity index (χ1n) is 8.52. The maximum atomic E-state index is 13.0. The lowest BCUT2D eigenvalue weighted by Crippen LogP contribution is -2.29. The number of halogens is 2. The van der Waals surface area contributed by atoms with Crippen molar-refractivity contribution in [3.8, 4) is 10.6 Å². The Morgan fingerprint density at radius 1 is 1.04 bits per heavy atom. The summed E-state index contributed by atoms with van der Waals surface area (Å²) in [6.07, 6.45) is 1.81. The van der Waals surface area contributed by atoms with Crippen LogP contribution in [0.15, 0.2) is 72.2 Å². The van der Waals surface area contributed by atoms with Gasteiger partial charge in [0, 0.05) is 11.8 Å². The lowest BCUT2D eigenvalue weighted by molar-refractivity contribution is 0.0943. The maximum Gasteiger partial charge on any atom is 0.253 e. The summed E-state index contributed by atoms with van der Waals surface area (Å²) in [7, 11) is 0. The van der Waals surface area contributed by atoms with Crippen LogP contribution in [0, 0.1) is 0 Å². The van der Waals surface area contributed by atoms with E-state index in [1.54, 1.807) is 29.5 Å². The third-order valence-corrected chi connectivity index (χ3v) is 6.04. The molecule has 0 saturated carbocycles. The topological polar surface area (TPSA) is 57.8 Å². The number of rotatable bonds is 5. The number of nitrogens with one attached hydrogen (secondary N) is 2. The van der Waals surface area contributed by atoms with Crippen LogP contribution in [0.1, 0.15) is 27.5 Å². The fourth-order valence-corrected chi connectivity index (χ4v) is 4.13. The number of H-pyrrole nitrogens is 1. The van der Waals surface area contributed by atoms with Gasteiger partial charge in [0.05, 0.1) is 26.5 Å². The van der Waals surface area contributed by atoms with Crippen LogP contribution >= 0.6 is 34.5 Å². The molecule has 0 aliphatic carbocycles. The number of carbonyl (C=O) groups excluding carboxylic acids is 1. The molecule has 140 valence electrons. The number of hydrogen-bond acceptors (Lipinski definition) is 3.